The van der Waals surface area contributed by atoms with Crippen molar-refractivity contribution in [3.05, 3.63) is 160 Å². The predicted octanol–water partition coefficient (Wildman–Crippen LogP) is 7.66. The molecule has 0 saturated carbocycles. The smallest absolute Gasteiger partial charge is 0.285 e. The van der Waals surface area contributed by atoms with Gasteiger partial charge in [0.1, 0.15) is 5.76 Å². The Morgan fingerprint density at radius 2 is 1.47 bits per heavy atom. The number of aryl methyl sites for hydroxylation is 1. The topological polar surface area (TPSA) is 71.3 Å². The number of sulfonamides is 1. The minimum Gasteiger partial charge on any atom is -0.439 e. The Hall–Kier alpha value is -4.79. The lowest BCUT2D eigenvalue weighted by Gasteiger charge is -2.36. The van der Waals surface area contributed by atoms with Gasteiger partial charge in [0, 0.05) is 5.56 Å². The van der Waals surface area contributed by atoms with Gasteiger partial charge in [-0.05, 0) is 54.3 Å². The predicted molar refractivity (Wildman–Crippen MR) is 173 cm³/mol. The fourth-order valence-corrected chi connectivity index (χ4v) is 7.36. The first-order chi connectivity index (χ1) is 21.0. The fraction of sp³-hybridized carbons (Fsp3) is 0.0857. The van der Waals surface area contributed by atoms with Crippen LogP contribution in [0.25, 0.3) is 5.76 Å². The molecule has 3 heterocycles. The first-order valence-electron chi connectivity index (χ1n) is 13.9. The molecule has 0 fully saturated rings. The molecular formula is C35H27N3O3S2. The minimum atomic E-state index is -4.16. The highest BCUT2D eigenvalue weighted by Gasteiger charge is 2.60. The van der Waals surface area contributed by atoms with E-state index in [0.717, 1.165) is 33.0 Å². The lowest BCUT2D eigenvalue weighted by molar-refractivity contribution is 0.474. The first-order valence-corrected chi connectivity index (χ1v) is 16.2. The molecule has 2 unspecified atom stereocenters. The molecule has 0 amide bonds. The van der Waals surface area contributed by atoms with Gasteiger partial charge in [0.2, 0.25) is 5.90 Å². The summed E-state index contributed by atoms with van der Waals surface area (Å²) in [5.41, 5.74) is 3.08. The summed E-state index contributed by atoms with van der Waals surface area (Å²) in [5.74, 6) is 0.114. The van der Waals surface area contributed by atoms with Gasteiger partial charge in [-0.25, -0.2) is 5.01 Å². The fourth-order valence-electron chi connectivity index (χ4n) is 5.64. The SMILES string of the molecule is Cc1ccc(S(=O)(=O)N=C2OC(c3ccccc3)=CC23C(c2ccccc2)C(c2cccs2)=NN3c2ccccc2)cc1. The molecule has 212 valence electrons. The second kappa shape index (κ2) is 10.8. The van der Waals surface area contributed by atoms with Crippen LogP contribution in [0.2, 0.25) is 0 Å². The Bertz CT molecular complexity index is 1950. The number of hydrogen-bond donors (Lipinski definition) is 0. The highest BCUT2D eigenvalue weighted by molar-refractivity contribution is 7.90. The zero-order chi connectivity index (χ0) is 29.4. The van der Waals surface area contributed by atoms with Crippen molar-refractivity contribution in [3.63, 3.8) is 0 Å². The van der Waals surface area contributed by atoms with Crippen molar-refractivity contribution in [2.75, 3.05) is 5.01 Å². The number of rotatable bonds is 6. The van der Waals surface area contributed by atoms with Gasteiger partial charge in [-0.3, -0.25) is 0 Å². The number of hydrogen-bond acceptors (Lipinski definition) is 6. The molecule has 4 aromatic carbocycles. The molecule has 0 radical (unpaired) electrons. The zero-order valence-corrected chi connectivity index (χ0v) is 24.9. The van der Waals surface area contributed by atoms with E-state index in [9.17, 15) is 8.42 Å². The first kappa shape index (κ1) is 27.1. The van der Waals surface area contributed by atoms with Crippen molar-refractivity contribution in [2.24, 2.45) is 9.50 Å². The third-order valence-corrected chi connectivity index (χ3v) is 9.83. The number of benzene rings is 4. The van der Waals surface area contributed by atoms with Gasteiger partial charge < -0.3 is 4.74 Å². The van der Waals surface area contributed by atoms with E-state index in [1.165, 1.54) is 0 Å². The summed E-state index contributed by atoms with van der Waals surface area (Å²) < 4.78 is 38.9. The molecule has 0 N–H and O–H groups in total. The Balaban J connectivity index is 1.54. The summed E-state index contributed by atoms with van der Waals surface area (Å²) in [5, 5.41) is 9.14. The van der Waals surface area contributed by atoms with Crippen LogP contribution in [0.15, 0.2) is 153 Å². The Morgan fingerprint density at radius 3 is 2.12 bits per heavy atom. The van der Waals surface area contributed by atoms with Crippen molar-refractivity contribution in [3.8, 4) is 0 Å². The van der Waals surface area contributed by atoms with E-state index < -0.39 is 21.5 Å². The molecule has 1 aromatic heterocycles. The normalized spacial score (nSPS) is 20.7. The molecule has 6 nitrogen and oxygen atoms in total. The van der Waals surface area contributed by atoms with Crippen LogP contribution in [0.1, 0.15) is 27.5 Å². The molecule has 0 aliphatic carbocycles. The monoisotopic (exact) mass is 601 g/mol. The van der Waals surface area contributed by atoms with Crippen LogP contribution in [0.3, 0.4) is 0 Å². The van der Waals surface area contributed by atoms with Gasteiger partial charge in [-0.2, -0.15) is 13.5 Å². The number of thiophene rings is 1. The average molecular weight is 602 g/mol. The summed E-state index contributed by atoms with van der Waals surface area (Å²) in [6.45, 7) is 1.91. The zero-order valence-electron chi connectivity index (χ0n) is 23.2. The maximum atomic E-state index is 13.9. The van der Waals surface area contributed by atoms with Gasteiger partial charge >= 0.3 is 0 Å². The van der Waals surface area contributed by atoms with Crippen molar-refractivity contribution in [2.45, 2.75) is 23.3 Å². The van der Waals surface area contributed by atoms with Gasteiger partial charge in [0.05, 0.1) is 27.1 Å². The molecule has 43 heavy (non-hydrogen) atoms. The molecular weight excluding hydrogens is 575 g/mol. The maximum absolute atomic E-state index is 13.9. The van der Waals surface area contributed by atoms with E-state index in [4.69, 9.17) is 9.84 Å². The molecule has 0 bridgehead atoms. The number of ether oxygens (including phenoxy) is 1. The highest BCUT2D eigenvalue weighted by Crippen LogP contribution is 2.51. The second-order valence-corrected chi connectivity index (χ2v) is 13.0. The van der Waals surface area contributed by atoms with E-state index >= 15 is 0 Å². The summed E-state index contributed by atoms with van der Waals surface area (Å²) in [7, 11) is -4.16. The molecule has 0 saturated heterocycles. The van der Waals surface area contributed by atoms with Gasteiger partial charge in [-0.15, -0.1) is 15.7 Å². The molecule has 7 rings (SSSR count). The molecule has 2 aliphatic heterocycles. The lowest BCUT2D eigenvalue weighted by Crippen LogP contribution is -2.51. The van der Waals surface area contributed by atoms with Crippen LogP contribution in [0, 0.1) is 6.92 Å². The van der Waals surface area contributed by atoms with Crippen molar-refractivity contribution in [1.82, 2.24) is 0 Å². The van der Waals surface area contributed by atoms with Crippen LogP contribution < -0.4 is 5.01 Å². The molecule has 8 heteroatoms. The second-order valence-electron chi connectivity index (χ2n) is 10.4. The van der Waals surface area contributed by atoms with Crippen LogP contribution >= 0.6 is 11.3 Å². The molecule has 5 aromatic rings. The van der Waals surface area contributed by atoms with E-state index in [-0.39, 0.29) is 10.8 Å². The maximum Gasteiger partial charge on any atom is 0.285 e. The third-order valence-electron chi connectivity index (χ3n) is 7.66. The summed E-state index contributed by atoms with van der Waals surface area (Å²) >= 11 is 1.59. The Labute approximate surface area is 255 Å². The van der Waals surface area contributed by atoms with Gasteiger partial charge in [0.15, 0.2) is 5.54 Å². The largest absolute Gasteiger partial charge is 0.439 e. The van der Waals surface area contributed by atoms with E-state index in [0.29, 0.717) is 5.76 Å². The molecule has 2 aliphatic rings. The minimum absolute atomic E-state index is 0.0416. The number of anilines is 1. The number of hydrazone groups is 1. The number of para-hydroxylation sites is 1. The Morgan fingerprint density at radius 1 is 0.814 bits per heavy atom. The van der Waals surface area contributed by atoms with Crippen molar-refractivity contribution >= 4 is 44.4 Å². The van der Waals surface area contributed by atoms with Gasteiger partial charge in [0.25, 0.3) is 10.0 Å². The lowest BCUT2D eigenvalue weighted by atomic mass is 9.76. The standard InChI is InChI=1S/C35H27N3O3S2/c1-25-19-21-29(22-20-25)43(39,40)37-34-35(24-30(41-34)26-12-5-2-6-13-26)32(27-14-7-3-8-15-27)33(31-18-11-23-42-31)36-38(35)28-16-9-4-10-17-28/h2-24,32H,1H3. The quantitative estimate of drug-likeness (QED) is 0.200. The summed E-state index contributed by atoms with van der Waals surface area (Å²) in [4.78, 5) is 1.08. The van der Waals surface area contributed by atoms with E-state index in [1.54, 1.807) is 35.6 Å². The van der Waals surface area contributed by atoms with Crippen LogP contribution in [0.4, 0.5) is 5.69 Å². The summed E-state index contributed by atoms with van der Waals surface area (Å²) in [6, 6.07) is 40.2. The molecule has 2 atom stereocenters. The van der Waals surface area contributed by atoms with Gasteiger partial charge in [-0.1, -0.05) is 103 Å². The summed E-state index contributed by atoms with van der Waals surface area (Å²) in [6.07, 6.45) is 1.99. The van der Waals surface area contributed by atoms with Crippen molar-refractivity contribution in [1.29, 1.82) is 0 Å². The average Bonchev–Trinajstić information content (AvgIpc) is 3.77. The Kier molecular flexibility index (Phi) is 6.80. The van der Waals surface area contributed by atoms with Crippen LogP contribution in [-0.2, 0) is 14.8 Å². The van der Waals surface area contributed by atoms with E-state index in [2.05, 4.69) is 4.40 Å². The highest BCUT2D eigenvalue weighted by atomic mass is 32.2. The molecule has 1 spiro atoms. The number of nitrogens with zero attached hydrogens (tertiary/aromatic N) is 3. The third kappa shape index (κ3) is 4.78. The van der Waals surface area contributed by atoms with Crippen molar-refractivity contribution < 1.29 is 13.2 Å². The van der Waals surface area contributed by atoms with Crippen LogP contribution in [0.5, 0.6) is 0 Å². The van der Waals surface area contributed by atoms with E-state index in [1.807, 2.05) is 127 Å². The van der Waals surface area contributed by atoms with Crippen LogP contribution in [-0.4, -0.2) is 25.6 Å².